The Hall–Kier alpha value is -2.34. The molecule has 1 atom stereocenters. The lowest BCUT2D eigenvalue weighted by atomic mass is 9.72. The zero-order valence-corrected chi connectivity index (χ0v) is 14.2. The molecule has 3 aromatic carbocycles. The van der Waals surface area contributed by atoms with Crippen molar-refractivity contribution in [3.8, 4) is 11.1 Å². The summed E-state index contributed by atoms with van der Waals surface area (Å²) in [6, 6.07) is 30.4. The van der Waals surface area contributed by atoms with Crippen molar-refractivity contribution in [1.82, 2.24) is 0 Å². The highest BCUT2D eigenvalue weighted by atomic mass is 14.3. The first kappa shape index (κ1) is 15.6. The lowest BCUT2D eigenvalue weighted by molar-refractivity contribution is 0.358. The van der Waals surface area contributed by atoms with Crippen molar-refractivity contribution in [3.63, 3.8) is 0 Å². The highest BCUT2D eigenvalue weighted by molar-refractivity contribution is 5.63. The molecular weight excluding hydrogens is 276 g/mol. The van der Waals surface area contributed by atoms with Crippen molar-refractivity contribution in [2.45, 2.75) is 26.7 Å². The van der Waals surface area contributed by atoms with Crippen molar-refractivity contribution in [3.05, 3.63) is 96.1 Å². The smallest absolute Gasteiger partial charge is 0.0138 e. The molecule has 0 spiro atoms. The third-order valence-corrected chi connectivity index (χ3v) is 4.35. The first-order valence-electron chi connectivity index (χ1n) is 8.26. The van der Waals surface area contributed by atoms with Crippen molar-refractivity contribution >= 4 is 0 Å². The normalized spacial score (nSPS) is 12.8. The maximum absolute atomic E-state index is 2.32. The SMILES string of the molecule is CC(C)(C)C(c1ccccc1)c1ccc(-c2ccccc2)cc1. The van der Waals surface area contributed by atoms with Gasteiger partial charge in [0.25, 0.3) is 0 Å². The molecule has 0 saturated heterocycles. The van der Waals surface area contributed by atoms with Crippen LogP contribution in [0.3, 0.4) is 0 Å². The van der Waals surface area contributed by atoms with Crippen LogP contribution in [0, 0.1) is 5.41 Å². The first-order valence-corrected chi connectivity index (χ1v) is 8.26. The monoisotopic (exact) mass is 300 g/mol. The van der Waals surface area contributed by atoms with E-state index in [1.54, 1.807) is 0 Å². The summed E-state index contributed by atoms with van der Waals surface area (Å²) in [7, 11) is 0. The van der Waals surface area contributed by atoms with E-state index in [9.17, 15) is 0 Å². The van der Waals surface area contributed by atoms with E-state index in [0.29, 0.717) is 5.92 Å². The molecule has 0 aliphatic heterocycles. The van der Waals surface area contributed by atoms with Gasteiger partial charge in [0.1, 0.15) is 0 Å². The minimum absolute atomic E-state index is 0.176. The summed E-state index contributed by atoms with van der Waals surface area (Å²) in [4.78, 5) is 0. The summed E-state index contributed by atoms with van der Waals surface area (Å²) in [5.74, 6) is 0.397. The fraction of sp³-hybridized carbons (Fsp3) is 0.217. The molecule has 1 unspecified atom stereocenters. The Bertz CT molecular complexity index is 732. The van der Waals surface area contributed by atoms with E-state index in [2.05, 4.69) is 106 Å². The number of benzene rings is 3. The van der Waals surface area contributed by atoms with Gasteiger partial charge in [-0.15, -0.1) is 0 Å². The minimum atomic E-state index is 0.176. The Kier molecular flexibility index (Phi) is 4.34. The van der Waals surface area contributed by atoms with Crippen molar-refractivity contribution in [1.29, 1.82) is 0 Å². The number of rotatable bonds is 3. The van der Waals surface area contributed by atoms with E-state index in [1.165, 1.54) is 22.3 Å². The Morgan fingerprint density at radius 1 is 0.522 bits per heavy atom. The Balaban J connectivity index is 1.98. The molecule has 0 aliphatic rings. The second-order valence-electron chi connectivity index (χ2n) is 7.20. The van der Waals surface area contributed by atoms with Crippen molar-refractivity contribution in [2.75, 3.05) is 0 Å². The highest BCUT2D eigenvalue weighted by Crippen LogP contribution is 2.40. The second kappa shape index (κ2) is 6.42. The average Bonchev–Trinajstić information content (AvgIpc) is 2.56. The van der Waals surface area contributed by atoms with Crippen LogP contribution in [0.2, 0.25) is 0 Å². The molecule has 0 amide bonds. The highest BCUT2D eigenvalue weighted by Gasteiger charge is 2.27. The summed E-state index contributed by atoms with van der Waals surface area (Å²) in [5, 5.41) is 0. The largest absolute Gasteiger partial charge is 0.0622 e. The molecule has 0 heterocycles. The van der Waals surface area contributed by atoms with Gasteiger partial charge in [-0.1, -0.05) is 106 Å². The molecule has 3 aromatic rings. The van der Waals surface area contributed by atoms with E-state index in [0.717, 1.165) is 0 Å². The van der Waals surface area contributed by atoms with Gasteiger partial charge in [0, 0.05) is 5.92 Å². The van der Waals surface area contributed by atoms with Crippen LogP contribution in [-0.2, 0) is 0 Å². The third-order valence-electron chi connectivity index (χ3n) is 4.35. The molecule has 23 heavy (non-hydrogen) atoms. The first-order chi connectivity index (χ1) is 11.1. The van der Waals surface area contributed by atoms with E-state index in [4.69, 9.17) is 0 Å². The van der Waals surface area contributed by atoms with Gasteiger partial charge in [-0.25, -0.2) is 0 Å². The zero-order chi connectivity index (χ0) is 16.3. The molecule has 0 N–H and O–H groups in total. The van der Waals surface area contributed by atoms with Gasteiger partial charge >= 0.3 is 0 Å². The quantitative estimate of drug-likeness (QED) is 0.515. The van der Waals surface area contributed by atoms with E-state index in [-0.39, 0.29) is 5.41 Å². The molecule has 0 aromatic heterocycles. The van der Waals surface area contributed by atoms with Crippen LogP contribution < -0.4 is 0 Å². The molecule has 0 radical (unpaired) electrons. The molecular formula is C23H24. The standard InChI is InChI=1S/C23H24/c1-23(2,3)22(20-12-8-5-9-13-20)21-16-14-19(15-17-21)18-10-6-4-7-11-18/h4-17,22H,1-3H3. The fourth-order valence-corrected chi connectivity index (χ4v) is 3.34. The number of hydrogen-bond acceptors (Lipinski definition) is 0. The average molecular weight is 300 g/mol. The van der Waals surface area contributed by atoms with E-state index >= 15 is 0 Å². The van der Waals surface area contributed by atoms with Crippen LogP contribution in [0.4, 0.5) is 0 Å². The predicted octanol–water partition coefficient (Wildman–Crippen LogP) is 6.53. The van der Waals surface area contributed by atoms with E-state index < -0.39 is 0 Å². The maximum atomic E-state index is 2.32. The molecule has 0 heteroatoms. The summed E-state index contributed by atoms with van der Waals surface area (Å²) >= 11 is 0. The third kappa shape index (κ3) is 3.53. The maximum Gasteiger partial charge on any atom is 0.0138 e. The molecule has 116 valence electrons. The fourth-order valence-electron chi connectivity index (χ4n) is 3.34. The van der Waals surface area contributed by atoms with Crippen LogP contribution in [-0.4, -0.2) is 0 Å². The summed E-state index contributed by atoms with van der Waals surface area (Å²) in [6.07, 6.45) is 0. The van der Waals surface area contributed by atoms with Crippen LogP contribution in [0.5, 0.6) is 0 Å². The lowest BCUT2D eigenvalue weighted by Crippen LogP contribution is -2.19. The van der Waals surface area contributed by atoms with E-state index in [1.807, 2.05) is 0 Å². The van der Waals surface area contributed by atoms with Gasteiger partial charge in [0.05, 0.1) is 0 Å². The summed E-state index contributed by atoms with van der Waals surface area (Å²) in [5.41, 5.74) is 5.48. The zero-order valence-electron chi connectivity index (χ0n) is 14.2. The van der Waals surface area contributed by atoms with Gasteiger partial charge in [-0.05, 0) is 27.7 Å². The van der Waals surface area contributed by atoms with Crippen LogP contribution in [0.1, 0.15) is 37.8 Å². The van der Waals surface area contributed by atoms with Crippen LogP contribution in [0.25, 0.3) is 11.1 Å². The molecule has 3 rings (SSSR count). The Labute approximate surface area is 139 Å². The van der Waals surface area contributed by atoms with Crippen LogP contribution in [0.15, 0.2) is 84.9 Å². The van der Waals surface area contributed by atoms with Crippen molar-refractivity contribution in [2.24, 2.45) is 5.41 Å². The molecule has 0 nitrogen and oxygen atoms in total. The summed E-state index contributed by atoms with van der Waals surface area (Å²) < 4.78 is 0. The van der Waals surface area contributed by atoms with Crippen molar-refractivity contribution < 1.29 is 0 Å². The van der Waals surface area contributed by atoms with Gasteiger partial charge in [0.2, 0.25) is 0 Å². The minimum Gasteiger partial charge on any atom is -0.0622 e. The van der Waals surface area contributed by atoms with Gasteiger partial charge in [-0.2, -0.15) is 0 Å². The predicted molar refractivity (Wildman–Crippen MR) is 99.6 cm³/mol. The number of hydrogen-bond donors (Lipinski definition) is 0. The molecule has 0 fully saturated rings. The van der Waals surface area contributed by atoms with Gasteiger partial charge < -0.3 is 0 Å². The topological polar surface area (TPSA) is 0 Å². The molecule has 0 bridgehead atoms. The molecule has 0 saturated carbocycles. The second-order valence-corrected chi connectivity index (χ2v) is 7.20. The lowest BCUT2D eigenvalue weighted by Gasteiger charge is -2.32. The van der Waals surface area contributed by atoms with Gasteiger partial charge in [0.15, 0.2) is 0 Å². The Morgan fingerprint density at radius 3 is 1.48 bits per heavy atom. The Morgan fingerprint density at radius 2 is 0.957 bits per heavy atom. The summed E-state index contributed by atoms with van der Waals surface area (Å²) in [6.45, 7) is 6.95. The van der Waals surface area contributed by atoms with Crippen LogP contribution >= 0.6 is 0 Å². The molecule has 0 aliphatic carbocycles. The van der Waals surface area contributed by atoms with Gasteiger partial charge in [-0.3, -0.25) is 0 Å².